The van der Waals surface area contributed by atoms with Crippen LogP contribution in [0, 0.1) is 0 Å². The fraction of sp³-hybridized carbons (Fsp3) is 0.300. The number of amides is 1. The Morgan fingerprint density at radius 2 is 1.85 bits per heavy atom. The molecule has 1 aromatic rings. The molecule has 70 valence electrons. The monoisotopic (exact) mass is 178 g/mol. The first-order valence-electron chi connectivity index (χ1n) is 4.26. The van der Waals surface area contributed by atoms with Crippen molar-refractivity contribution in [3.05, 3.63) is 29.8 Å². The van der Waals surface area contributed by atoms with Crippen molar-refractivity contribution in [2.45, 2.75) is 19.9 Å². The van der Waals surface area contributed by atoms with Crippen LogP contribution < -0.4 is 11.1 Å². The van der Waals surface area contributed by atoms with E-state index < -0.39 is 5.91 Å². The van der Waals surface area contributed by atoms with Crippen LogP contribution >= 0.6 is 0 Å². The van der Waals surface area contributed by atoms with Crippen molar-refractivity contribution in [3.63, 3.8) is 0 Å². The van der Waals surface area contributed by atoms with Crippen LogP contribution in [0.15, 0.2) is 24.3 Å². The minimum atomic E-state index is -0.393. The van der Waals surface area contributed by atoms with E-state index in [9.17, 15) is 4.79 Å². The van der Waals surface area contributed by atoms with E-state index in [2.05, 4.69) is 19.2 Å². The third kappa shape index (κ3) is 2.78. The number of carbonyl (C=O) groups excluding carboxylic acids is 1. The number of benzene rings is 1. The summed E-state index contributed by atoms with van der Waals surface area (Å²) in [5.41, 5.74) is 6.64. The Labute approximate surface area is 77.9 Å². The summed E-state index contributed by atoms with van der Waals surface area (Å²) in [6.07, 6.45) is 0. The highest BCUT2D eigenvalue weighted by Crippen LogP contribution is 2.09. The Morgan fingerprint density at radius 1 is 1.31 bits per heavy atom. The van der Waals surface area contributed by atoms with Crippen LogP contribution in [-0.2, 0) is 0 Å². The zero-order valence-electron chi connectivity index (χ0n) is 7.87. The zero-order valence-corrected chi connectivity index (χ0v) is 7.87. The molecule has 3 N–H and O–H groups in total. The van der Waals surface area contributed by atoms with Gasteiger partial charge in [-0.3, -0.25) is 4.79 Å². The molecule has 0 aliphatic heterocycles. The van der Waals surface area contributed by atoms with Gasteiger partial charge in [0.2, 0.25) is 5.91 Å². The molecule has 0 unspecified atom stereocenters. The first-order valence-corrected chi connectivity index (χ1v) is 4.26. The van der Waals surface area contributed by atoms with E-state index in [1.165, 1.54) is 0 Å². The molecule has 3 nitrogen and oxygen atoms in total. The highest BCUT2D eigenvalue weighted by Gasteiger charge is 1.99. The van der Waals surface area contributed by atoms with E-state index >= 15 is 0 Å². The van der Waals surface area contributed by atoms with Gasteiger partial charge >= 0.3 is 0 Å². The van der Waals surface area contributed by atoms with Gasteiger partial charge < -0.3 is 11.1 Å². The zero-order chi connectivity index (χ0) is 9.84. The Bertz CT molecular complexity index is 290. The molecule has 0 aliphatic carbocycles. The van der Waals surface area contributed by atoms with E-state index in [1.807, 2.05) is 12.1 Å². The molecule has 0 heterocycles. The summed E-state index contributed by atoms with van der Waals surface area (Å²) in [7, 11) is 0. The van der Waals surface area contributed by atoms with Gasteiger partial charge in [0.1, 0.15) is 0 Å². The number of primary amides is 1. The lowest BCUT2D eigenvalue weighted by molar-refractivity contribution is 0.100. The third-order valence-electron chi connectivity index (χ3n) is 1.62. The smallest absolute Gasteiger partial charge is 0.248 e. The fourth-order valence-corrected chi connectivity index (χ4v) is 1.06. The van der Waals surface area contributed by atoms with Crippen LogP contribution in [0.3, 0.4) is 0 Å². The number of anilines is 1. The summed E-state index contributed by atoms with van der Waals surface area (Å²) >= 11 is 0. The van der Waals surface area contributed by atoms with Gasteiger partial charge in [0.25, 0.3) is 0 Å². The largest absolute Gasteiger partial charge is 0.383 e. The molecule has 0 saturated heterocycles. The molecular weight excluding hydrogens is 164 g/mol. The molecule has 1 aromatic carbocycles. The maximum absolute atomic E-state index is 10.7. The SMILES string of the molecule is CC(C)Nc1ccc(C(N)=O)cc1. The number of rotatable bonds is 3. The van der Waals surface area contributed by atoms with Crippen LogP contribution in [0.1, 0.15) is 24.2 Å². The van der Waals surface area contributed by atoms with Crippen LogP contribution in [0.5, 0.6) is 0 Å². The molecule has 0 atom stereocenters. The molecule has 0 fully saturated rings. The van der Waals surface area contributed by atoms with Crippen LogP contribution in [-0.4, -0.2) is 11.9 Å². The topological polar surface area (TPSA) is 55.1 Å². The molecular formula is C10H14N2O. The summed E-state index contributed by atoms with van der Waals surface area (Å²) < 4.78 is 0. The van der Waals surface area contributed by atoms with Crippen molar-refractivity contribution in [2.24, 2.45) is 5.73 Å². The van der Waals surface area contributed by atoms with Gasteiger partial charge in [-0.1, -0.05) is 0 Å². The van der Waals surface area contributed by atoms with E-state index in [4.69, 9.17) is 5.73 Å². The van der Waals surface area contributed by atoms with Gasteiger partial charge in [0, 0.05) is 17.3 Å². The molecule has 3 heteroatoms. The number of nitrogens with two attached hydrogens (primary N) is 1. The Morgan fingerprint density at radius 3 is 2.23 bits per heavy atom. The Kier molecular flexibility index (Phi) is 2.90. The normalized spacial score (nSPS) is 10.1. The summed E-state index contributed by atoms with van der Waals surface area (Å²) in [4.78, 5) is 10.7. The lowest BCUT2D eigenvalue weighted by atomic mass is 10.2. The van der Waals surface area contributed by atoms with Gasteiger partial charge in [-0.25, -0.2) is 0 Å². The van der Waals surface area contributed by atoms with Crippen molar-refractivity contribution in [2.75, 3.05) is 5.32 Å². The first kappa shape index (κ1) is 9.58. The van der Waals surface area contributed by atoms with Gasteiger partial charge in [-0.05, 0) is 38.1 Å². The van der Waals surface area contributed by atoms with E-state index in [0.717, 1.165) is 5.69 Å². The Balaban J connectivity index is 2.75. The van der Waals surface area contributed by atoms with Crippen molar-refractivity contribution >= 4 is 11.6 Å². The quantitative estimate of drug-likeness (QED) is 0.738. The fourth-order valence-electron chi connectivity index (χ4n) is 1.06. The van der Waals surface area contributed by atoms with Crippen molar-refractivity contribution < 1.29 is 4.79 Å². The predicted molar refractivity (Wildman–Crippen MR) is 53.7 cm³/mol. The number of hydrogen-bond acceptors (Lipinski definition) is 2. The summed E-state index contributed by atoms with van der Waals surface area (Å²) in [5, 5.41) is 3.22. The molecule has 0 spiro atoms. The van der Waals surface area contributed by atoms with Crippen LogP contribution in [0.2, 0.25) is 0 Å². The molecule has 1 rings (SSSR count). The maximum atomic E-state index is 10.7. The van der Waals surface area contributed by atoms with Gasteiger partial charge in [0.05, 0.1) is 0 Å². The molecule has 1 amide bonds. The second kappa shape index (κ2) is 3.94. The van der Waals surface area contributed by atoms with Crippen molar-refractivity contribution in [3.8, 4) is 0 Å². The summed E-state index contributed by atoms with van der Waals surface area (Å²) in [6, 6.07) is 7.51. The van der Waals surface area contributed by atoms with Crippen LogP contribution in [0.4, 0.5) is 5.69 Å². The highest BCUT2D eigenvalue weighted by molar-refractivity contribution is 5.93. The lowest BCUT2D eigenvalue weighted by Gasteiger charge is -2.09. The first-order chi connectivity index (χ1) is 6.09. The van der Waals surface area contributed by atoms with Gasteiger partial charge in [-0.2, -0.15) is 0 Å². The maximum Gasteiger partial charge on any atom is 0.248 e. The predicted octanol–water partition coefficient (Wildman–Crippen LogP) is 1.61. The molecule has 0 aromatic heterocycles. The molecule has 0 bridgehead atoms. The van der Waals surface area contributed by atoms with Crippen molar-refractivity contribution in [1.29, 1.82) is 0 Å². The summed E-state index contributed by atoms with van der Waals surface area (Å²) in [6.45, 7) is 4.12. The van der Waals surface area contributed by atoms with Gasteiger partial charge in [0.15, 0.2) is 0 Å². The number of nitrogens with one attached hydrogen (secondary N) is 1. The highest BCUT2D eigenvalue weighted by atomic mass is 16.1. The number of carbonyl (C=O) groups is 1. The third-order valence-corrected chi connectivity index (χ3v) is 1.62. The molecule has 0 aliphatic rings. The average Bonchev–Trinajstić information content (AvgIpc) is 2.04. The minimum Gasteiger partial charge on any atom is -0.383 e. The number of hydrogen-bond donors (Lipinski definition) is 2. The van der Waals surface area contributed by atoms with E-state index in [0.29, 0.717) is 11.6 Å². The van der Waals surface area contributed by atoms with Crippen LogP contribution in [0.25, 0.3) is 0 Å². The van der Waals surface area contributed by atoms with Gasteiger partial charge in [-0.15, -0.1) is 0 Å². The minimum absolute atomic E-state index is 0.388. The summed E-state index contributed by atoms with van der Waals surface area (Å²) in [5.74, 6) is -0.393. The second-order valence-electron chi connectivity index (χ2n) is 3.24. The standard InChI is InChI=1S/C10H14N2O/c1-7(2)12-9-5-3-8(4-6-9)10(11)13/h3-7,12H,1-2H3,(H2,11,13). The average molecular weight is 178 g/mol. The molecule has 0 saturated carbocycles. The lowest BCUT2D eigenvalue weighted by Crippen LogP contribution is -2.12. The van der Waals surface area contributed by atoms with E-state index in [1.54, 1.807) is 12.1 Å². The van der Waals surface area contributed by atoms with E-state index in [-0.39, 0.29) is 0 Å². The Hall–Kier alpha value is -1.51. The second-order valence-corrected chi connectivity index (χ2v) is 3.24. The molecule has 13 heavy (non-hydrogen) atoms. The van der Waals surface area contributed by atoms with Crippen molar-refractivity contribution in [1.82, 2.24) is 0 Å². The molecule has 0 radical (unpaired) electrons.